The fraction of sp³-hybridized carbons (Fsp3) is 0.458. The fourth-order valence-electron chi connectivity index (χ4n) is 5.56. The van der Waals surface area contributed by atoms with E-state index in [0.29, 0.717) is 6.42 Å². The maximum atomic E-state index is 13.1. The van der Waals surface area contributed by atoms with Gasteiger partial charge in [-0.15, -0.1) is 0 Å². The van der Waals surface area contributed by atoms with Gasteiger partial charge in [-0.1, -0.05) is 54.1 Å². The Kier molecular flexibility index (Phi) is 5.31. The number of likely N-dealkylation sites (tertiary alicyclic amines) is 1. The third-order valence-electron chi connectivity index (χ3n) is 6.80. The van der Waals surface area contributed by atoms with Gasteiger partial charge in [-0.3, -0.25) is 14.6 Å². The molecule has 5 nitrogen and oxygen atoms in total. The number of carbonyl (C=O) groups is 1. The number of hydrogen-bond acceptors (Lipinski definition) is 4. The molecule has 1 amide bonds. The molecule has 1 spiro atoms. The Hall–Kier alpha value is -1.92. The highest BCUT2D eigenvalue weighted by Gasteiger charge is 2.56. The number of amides is 1. The molecule has 158 valence electrons. The molecule has 3 saturated heterocycles. The highest BCUT2D eigenvalue weighted by molar-refractivity contribution is 6.30. The zero-order valence-electron chi connectivity index (χ0n) is 17.1. The number of hydrogen-bond donors (Lipinski definition) is 1. The van der Waals surface area contributed by atoms with Crippen LogP contribution in [0.1, 0.15) is 17.5 Å². The second-order valence-electron chi connectivity index (χ2n) is 9.13. The zero-order valence-corrected chi connectivity index (χ0v) is 17.8. The van der Waals surface area contributed by atoms with E-state index in [0.717, 1.165) is 56.3 Å². The minimum absolute atomic E-state index is 0.0503. The summed E-state index contributed by atoms with van der Waals surface area (Å²) >= 11 is 6.14. The summed E-state index contributed by atoms with van der Waals surface area (Å²) in [4.78, 5) is 20.0. The quantitative estimate of drug-likeness (QED) is 0.817. The van der Waals surface area contributed by atoms with Gasteiger partial charge in [0.05, 0.1) is 18.1 Å². The Morgan fingerprint density at radius 1 is 1.03 bits per heavy atom. The lowest BCUT2D eigenvalue weighted by Gasteiger charge is -2.61. The monoisotopic (exact) mass is 425 g/mol. The van der Waals surface area contributed by atoms with Crippen LogP contribution < -0.4 is 0 Å². The molecule has 2 aromatic carbocycles. The van der Waals surface area contributed by atoms with Crippen molar-refractivity contribution in [2.45, 2.75) is 37.1 Å². The van der Waals surface area contributed by atoms with Crippen molar-refractivity contribution in [3.05, 3.63) is 70.7 Å². The van der Waals surface area contributed by atoms with Gasteiger partial charge in [0, 0.05) is 50.3 Å². The predicted molar refractivity (Wildman–Crippen MR) is 117 cm³/mol. The van der Waals surface area contributed by atoms with Gasteiger partial charge in [-0.05, 0) is 29.7 Å². The van der Waals surface area contributed by atoms with E-state index in [1.165, 1.54) is 5.56 Å². The largest absolute Gasteiger partial charge is 0.392 e. The number of aliphatic hydroxyl groups excluding tert-OH is 1. The van der Waals surface area contributed by atoms with Crippen LogP contribution in [0.2, 0.25) is 5.02 Å². The molecule has 0 aromatic heterocycles. The third-order valence-corrected chi connectivity index (χ3v) is 7.03. The maximum absolute atomic E-state index is 13.1. The summed E-state index contributed by atoms with van der Waals surface area (Å²) in [6.07, 6.45) is 0.905. The van der Waals surface area contributed by atoms with Crippen molar-refractivity contribution in [2.24, 2.45) is 0 Å². The lowest BCUT2D eigenvalue weighted by Crippen LogP contribution is -2.78. The molecule has 0 radical (unpaired) electrons. The number of benzene rings is 2. The molecule has 0 unspecified atom stereocenters. The third kappa shape index (κ3) is 3.87. The van der Waals surface area contributed by atoms with Gasteiger partial charge in [0.15, 0.2) is 0 Å². The molecule has 6 heteroatoms. The van der Waals surface area contributed by atoms with Gasteiger partial charge in [0.2, 0.25) is 5.91 Å². The average molecular weight is 426 g/mol. The molecule has 3 heterocycles. The molecule has 0 saturated carbocycles. The van der Waals surface area contributed by atoms with Gasteiger partial charge < -0.3 is 10.0 Å². The Balaban J connectivity index is 1.29. The van der Waals surface area contributed by atoms with Gasteiger partial charge in [-0.2, -0.15) is 0 Å². The van der Waals surface area contributed by atoms with Crippen molar-refractivity contribution >= 4 is 17.5 Å². The maximum Gasteiger partial charge on any atom is 0.227 e. The van der Waals surface area contributed by atoms with E-state index in [1.807, 2.05) is 53.4 Å². The number of fused-ring (bicyclic) bond motifs is 2. The van der Waals surface area contributed by atoms with Crippen LogP contribution in [-0.4, -0.2) is 76.1 Å². The first kappa shape index (κ1) is 20.0. The Bertz CT molecular complexity index is 916. The van der Waals surface area contributed by atoms with E-state index in [2.05, 4.69) is 15.9 Å². The van der Waals surface area contributed by atoms with Crippen molar-refractivity contribution in [2.75, 3.05) is 32.7 Å². The van der Waals surface area contributed by atoms with E-state index in [9.17, 15) is 9.90 Å². The highest BCUT2D eigenvalue weighted by Crippen LogP contribution is 2.39. The summed E-state index contributed by atoms with van der Waals surface area (Å²) < 4.78 is 0. The lowest BCUT2D eigenvalue weighted by atomic mass is 9.83. The van der Waals surface area contributed by atoms with Crippen molar-refractivity contribution in [1.29, 1.82) is 0 Å². The average Bonchev–Trinajstić information content (AvgIpc) is 3.08. The lowest BCUT2D eigenvalue weighted by molar-refractivity contribution is -0.150. The molecular formula is C24H28ClN3O2. The van der Waals surface area contributed by atoms with Crippen LogP contribution in [0.3, 0.4) is 0 Å². The Morgan fingerprint density at radius 3 is 2.57 bits per heavy atom. The van der Waals surface area contributed by atoms with Crippen LogP contribution in [0.4, 0.5) is 0 Å². The normalized spacial score (nSPS) is 25.9. The molecule has 2 aromatic rings. The Morgan fingerprint density at radius 2 is 1.80 bits per heavy atom. The highest BCUT2D eigenvalue weighted by atomic mass is 35.5. The SMILES string of the molecule is O=C(Cc1ccccc1)N1C[C@@H]2C[C@@H](O)CN2C2(CN(Cc3cccc(Cl)c3)C2)C1. The molecule has 0 aliphatic carbocycles. The van der Waals surface area contributed by atoms with Crippen LogP contribution in [0.25, 0.3) is 0 Å². The summed E-state index contributed by atoms with van der Waals surface area (Å²) in [7, 11) is 0. The summed E-state index contributed by atoms with van der Waals surface area (Å²) in [5.41, 5.74) is 2.22. The smallest absolute Gasteiger partial charge is 0.227 e. The van der Waals surface area contributed by atoms with Gasteiger partial charge in [0.1, 0.15) is 0 Å². The fourth-order valence-corrected chi connectivity index (χ4v) is 5.77. The molecule has 5 rings (SSSR count). The number of aliphatic hydroxyl groups is 1. The molecule has 0 bridgehead atoms. The van der Waals surface area contributed by atoms with E-state index < -0.39 is 0 Å². The van der Waals surface area contributed by atoms with E-state index in [4.69, 9.17) is 11.6 Å². The van der Waals surface area contributed by atoms with Crippen LogP contribution in [-0.2, 0) is 17.8 Å². The summed E-state index contributed by atoms with van der Waals surface area (Å²) in [6, 6.07) is 18.2. The van der Waals surface area contributed by atoms with E-state index in [1.54, 1.807) is 0 Å². The van der Waals surface area contributed by atoms with Gasteiger partial charge in [-0.25, -0.2) is 0 Å². The second-order valence-corrected chi connectivity index (χ2v) is 9.57. The van der Waals surface area contributed by atoms with Gasteiger partial charge >= 0.3 is 0 Å². The van der Waals surface area contributed by atoms with Crippen LogP contribution >= 0.6 is 11.6 Å². The minimum atomic E-state index is -0.293. The van der Waals surface area contributed by atoms with E-state index >= 15 is 0 Å². The molecule has 1 N–H and O–H groups in total. The molecule has 3 fully saturated rings. The van der Waals surface area contributed by atoms with Crippen molar-refractivity contribution < 1.29 is 9.90 Å². The Labute approximate surface area is 182 Å². The predicted octanol–water partition coefficient (Wildman–Crippen LogP) is 2.41. The topological polar surface area (TPSA) is 47.0 Å². The first-order chi connectivity index (χ1) is 14.5. The number of nitrogens with zero attached hydrogens (tertiary/aromatic N) is 3. The van der Waals surface area contributed by atoms with Crippen molar-refractivity contribution in [3.8, 4) is 0 Å². The van der Waals surface area contributed by atoms with Crippen LogP contribution in [0.5, 0.6) is 0 Å². The first-order valence-corrected chi connectivity index (χ1v) is 11.1. The standard InChI is InChI=1S/C24H28ClN3O2/c25-20-8-4-7-19(9-20)12-26-15-24(16-26)17-27(13-21-11-22(29)14-28(21)24)23(30)10-18-5-2-1-3-6-18/h1-9,21-22,29H,10-17H2/t21-,22+/m0/s1. The van der Waals surface area contributed by atoms with Crippen LogP contribution in [0, 0.1) is 0 Å². The van der Waals surface area contributed by atoms with Crippen molar-refractivity contribution in [1.82, 2.24) is 14.7 Å². The number of halogens is 1. The number of β-amino-alcohol motifs (C(OH)–C–C–N with tert-alkyl or cyclic N) is 1. The summed E-state index contributed by atoms with van der Waals surface area (Å²) in [5.74, 6) is 0.190. The number of piperazine rings is 1. The summed E-state index contributed by atoms with van der Waals surface area (Å²) in [6.45, 7) is 4.88. The first-order valence-electron chi connectivity index (χ1n) is 10.7. The van der Waals surface area contributed by atoms with Crippen LogP contribution in [0.15, 0.2) is 54.6 Å². The number of carbonyl (C=O) groups excluding carboxylic acids is 1. The molecule has 3 aliphatic heterocycles. The molecule has 2 atom stereocenters. The van der Waals surface area contributed by atoms with Crippen molar-refractivity contribution in [3.63, 3.8) is 0 Å². The molecule has 3 aliphatic rings. The zero-order chi connectivity index (χ0) is 20.7. The van der Waals surface area contributed by atoms with Gasteiger partial charge in [0.25, 0.3) is 0 Å². The molecular weight excluding hydrogens is 398 g/mol. The number of rotatable bonds is 4. The minimum Gasteiger partial charge on any atom is -0.392 e. The second kappa shape index (κ2) is 7.97. The summed E-state index contributed by atoms with van der Waals surface area (Å²) in [5, 5.41) is 11.1. The van der Waals surface area contributed by atoms with E-state index in [-0.39, 0.29) is 23.6 Å². The molecule has 30 heavy (non-hydrogen) atoms.